The zero-order valence-corrected chi connectivity index (χ0v) is 20.2. The molecule has 0 unspecified atom stereocenters. The fourth-order valence-electron chi connectivity index (χ4n) is 4.29. The average molecular weight is 494 g/mol. The van der Waals surface area contributed by atoms with E-state index >= 15 is 0 Å². The third-order valence-electron chi connectivity index (χ3n) is 5.91. The number of hydrogen-bond donors (Lipinski definition) is 0. The van der Waals surface area contributed by atoms with Crippen LogP contribution in [0.4, 0.5) is 0 Å². The number of aryl methyl sites for hydroxylation is 2. The van der Waals surface area contributed by atoms with E-state index in [4.69, 9.17) is 44.0 Å². The third kappa shape index (κ3) is 4.75. The highest BCUT2D eigenvalue weighted by Gasteiger charge is 2.41. The minimum absolute atomic E-state index is 0.0157. The van der Waals surface area contributed by atoms with E-state index in [0.29, 0.717) is 51.1 Å². The molecule has 0 bridgehead atoms. The summed E-state index contributed by atoms with van der Waals surface area (Å²) < 4.78 is 11.7. The highest BCUT2D eigenvalue weighted by atomic mass is 35.5. The molecule has 2 aromatic heterocycles. The van der Waals surface area contributed by atoms with Crippen LogP contribution in [0.15, 0.2) is 47.0 Å². The second kappa shape index (κ2) is 9.34. The molecule has 1 saturated heterocycles. The van der Waals surface area contributed by atoms with Crippen LogP contribution in [0.3, 0.4) is 0 Å². The van der Waals surface area contributed by atoms with Crippen molar-refractivity contribution in [3.05, 3.63) is 80.3 Å². The first-order valence-electron chi connectivity index (χ1n) is 10.3. The summed E-state index contributed by atoms with van der Waals surface area (Å²) in [7, 11) is 0. The molecule has 0 spiro atoms. The van der Waals surface area contributed by atoms with Crippen LogP contribution in [-0.2, 0) is 0 Å². The third-order valence-corrected chi connectivity index (χ3v) is 6.87. The second-order valence-corrected chi connectivity index (χ2v) is 9.37. The Labute approximate surface area is 202 Å². The Morgan fingerprint density at radius 3 is 2.53 bits per heavy atom. The van der Waals surface area contributed by atoms with Crippen LogP contribution in [0.25, 0.3) is 0 Å². The highest BCUT2D eigenvalue weighted by molar-refractivity contribution is 6.42. The summed E-state index contributed by atoms with van der Waals surface area (Å²) in [5, 5.41) is 1.53. The molecule has 3 heterocycles. The summed E-state index contributed by atoms with van der Waals surface area (Å²) >= 11 is 18.4. The Kier molecular flexibility index (Phi) is 6.70. The van der Waals surface area contributed by atoms with Crippen molar-refractivity contribution in [2.75, 3.05) is 13.1 Å². The molecule has 0 saturated carbocycles. The number of rotatable bonds is 5. The summed E-state index contributed by atoms with van der Waals surface area (Å²) in [4.78, 5) is 19.4. The van der Waals surface area contributed by atoms with Gasteiger partial charge in [0.05, 0.1) is 20.6 Å². The molecular formula is C24H23Cl3N2O3. The maximum atomic E-state index is 13.3. The van der Waals surface area contributed by atoms with Crippen molar-refractivity contribution in [1.29, 1.82) is 0 Å². The van der Waals surface area contributed by atoms with Gasteiger partial charge in [0.25, 0.3) is 5.91 Å². The molecule has 3 atom stereocenters. The zero-order valence-electron chi connectivity index (χ0n) is 17.9. The van der Waals surface area contributed by atoms with E-state index in [9.17, 15) is 4.79 Å². The average Bonchev–Trinajstić information content (AvgIpc) is 3.34. The van der Waals surface area contributed by atoms with Gasteiger partial charge < -0.3 is 14.1 Å². The highest BCUT2D eigenvalue weighted by Crippen LogP contribution is 2.39. The van der Waals surface area contributed by atoms with Gasteiger partial charge in [0, 0.05) is 37.2 Å². The summed E-state index contributed by atoms with van der Waals surface area (Å²) in [6.07, 6.45) is 1.34. The van der Waals surface area contributed by atoms with E-state index in [1.165, 1.54) is 0 Å². The molecule has 1 aliphatic rings. The number of halogens is 3. The number of carbonyl (C=O) groups excluding carboxylic acids is 1. The van der Waals surface area contributed by atoms with Crippen LogP contribution < -0.4 is 4.74 Å². The van der Waals surface area contributed by atoms with Crippen LogP contribution in [-0.4, -0.2) is 35.0 Å². The number of amides is 1. The van der Waals surface area contributed by atoms with Crippen molar-refractivity contribution in [2.24, 2.45) is 5.92 Å². The van der Waals surface area contributed by atoms with Crippen molar-refractivity contribution >= 4 is 40.7 Å². The Bertz CT molecular complexity index is 1130. The summed E-state index contributed by atoms with van der Waals surface area (Å²) in [6.45, 7) is 6.70. The number of benzene rings is 1. The molecule has 32 heavy (non-hydrogen) atoms. The number of pyridine rings is 1. The molecule has 4 rings (SSSR count). The fraction of sp³-hybridized carbons (Fsp3) is 0.333. The Morgan fingerprint density at radius 1 is 1.12 bits per heavy atom. The molecular weight excluding hydrogens is 471 g/mol. The van der Waals surface area contributed by atoms with Crippen LogP contribution in [0.5, 0.6) is 5.88 Å². The van der Waals surface area contributed by atoms with Gasteiger partial charge in [-0.1, -0.05) is 40.9 Å². The SMILES string of the molecule is Cc1cc(C(=O)N2C[C@@H]([C@H](C)Oc3ccc(Cl)cn3)[C@@H](c3ccc(Cl)c(Cl)c3)C2)c(C)o1. The van der Waals surface area contributed by atoms with Crippen molar-refractivity contribution < 1.29 is 13.9 Å². The lowest BCUT2D eigenvalue weighted by Crippen LogP contribution is -2.32. The van der Waals surface area contributed by atoms with Crippen molar-refractivity contribution in [3.63, 3.8) is 0 Å². The van der Waals surface area contributed by atoms with Crippen molar-refractivity contribution in [1.82, 2.24) is 9.88 Å². The molecule has 1 aromatic carbocycles. The molecule has 8 heteroatoms. The first-order chi connectivity index (χ1) is 15.2. The van der Waals surface area contributed by atoms with Gasteiger partial charge in [0.1, 0.15) is 17.6 Å². The van der Waals surface area contributed by atoms with E-state index in [0.717, 1.165) is 5.56 Å². The van der Waals surface area contributed by atoms with Crippen molar-refractivity contribution in [3.8, 4) is 5.88 Å². The molecule has 1 aliphatic heterocycles. The van der Waals surface area contributed by atoms with Gasteiger partial charge in [-0.2, -0.15) is 0 Å². The van der Waals surface area contributed by atoms with E-state index < -0.39 is 0 Å². The molecule has 1 amide bonds. The zero-order chi connectivity index (χ0) is 23.0. The van der Waals surface area contributed by atoms with Gasteiger partial charge in [-0.15, -0.1) is 0 Å². The smallest absolute Gasteiger partial charge is 0.257 e. The minimum atomic E-state index is -0.215. The Balaban J connectivity index is 1.62. The molecule has 0 aliphatic carbocycles. The van der Waals surface area contributed by atoms with Gasteiger partial charge in [-0.25, -0.2) is 4.98 Å². The van der Waals surface area contributed by atoms with Gasteiger partial charge >= 0.3 is 0 Å². The lowest BCUT2D eigenvalue weighted by atomic mass is 9.86. The number of ether oxygens (including phenoxy) is 1. The maximum absolute atomic E-state index is 13.3. The largest absolute Gasteiger partial charge is 0.474 e. The van der Waals surface area contributed by atoms with Crippen LogP contribution in [0.1, 0.15) is 40.3 Å². The van der Waals surface area contributed by atoms with Crippen LogP contribution in [0.2, 0.25) is 15.1 Å². The Morgan fingerprint density at radius 2 is 1.91 bits per heavy atom. The quantitative estimate of drug-likeness (QED) is 0.403. The first kappa shape index (κ1) is 23.0. The van der Waals surface area contributed by atoms with Crippen LogP contribution >= 0.6 is 34.8 Å². The molecule has 5 nitrogen and oxygen atoms in total. The predicted octanol–water partition coefficient (Wildman–Crippen LogP) is 6.57. The number of hydrogen-bond acceptors (Lipinski definition) is 4. The first-order valence-corrected chi connectivity index (χ1v) is 11.5. The topological polar surface area (TPSA) is 55.6 Å². The fourth-order valence-corrected chi connectivity index (χ4v) is 4.71. The minimum Gasteiger partial charge on any atom is -0.474 e. The number of furan rings is 1. The van der Waals surface area contributed by atoms with E-state index in [1.54, 1.807) is 30.5 Å². The number of likely N-dealkylation sites (tertiary alicyclic amines) is 1. The summed E-state index contributed by atoms with van der Waals surface area (Å²) in [5.41, 5.74) is 1.60. The molecule has 3 aromatic rings. The monoisotopic (exact) mass is 492 g/mol. The normalized spacial score (nSPS) is 19.2. The predicted molar refractivity (Wildman–Crippen MR) is 126 cm³/mol. The van der Waals surface area contributed by atoms with Gasteiger partial charge in [-0.05, 0) is 50.6 Å². The maximum Gasteiger partial charge on any atom is 0.257 e. The van der Waals surface area contributed by atoms with Gasteiger partial charge in [-0.3, -0.25) is 4.79 Å². The molecule has 1 fully saturated rings. The Hall–Kier alpha value is -2.21. The van der Waals surface area contributed by atoms with E-state index in [-0.39, 0.29) is 23.8 Å². The number of nitrogens with zero attached hydrogens (tertiary/aromatic N) is 2. The molecule has 0 N–H and O–H groups in total. The van der Waals surface area contributed by atoms with Gasteiger partial charge in [0.15, 0.2) is 0 Å². The van der Waals surface area contributed by atoms with Gasteiger partial charge in [0.2, 0.25) is 5.88 Å². The molecule has 0 radical (unpaired) electrons. The summed E-state index contributed by atoms with van der Waals surface area (Å²) in [6, 6.07) is 10.9. The lowest BCUT2D eigenvalue weighted by molar-refractivity contribution is 0.0768. The summed E-state index contributed by atoms with van der Waals surface area (Å²) in [5.74, 6) is 1.81. The van der Waals surface area contributed by atoms with E-state index in [2.05, 4.69) is 4.98 Å². The second-order valence-electron chi connectivity index (χ2n) is 8.12. The number of carbonyl (C=O) groups is 1. The van der Waals surface area contributed by atoms with Crippen molar-refractivity contribution in [2.45, 2.75) is 32.8 Å². The molecule has 168 valence electrons. The van der Waals surface area contributed by atoms with E-state index in [1.807, 2.05) is 37.8 Å². The van der Waals surface area contributed by atoms with Crippen LogP contribution in [0, 0.1) is 19.8 Å². The lowest BCUT2D eigenvalue weighted by Gasteiger charge is -2.25. The standard InChI is InChI=1S/C24H23Cl3N2O3/c1-13-8-18(14(2)31-13)24(30)29-11-19(15(3)32-23-7-5-17(25)10-28-23)20(12-29)16-4-6-21(26)22(27)9-16/h4-10,15,19-20H,11-12H2,1-3H3/t15-,19-,20+/m0/s1. The number of aromatic nitrogens is 1.